The first-order valence-electron chi connectivity index (χ1n) is 6.71. The molecule has 0 aliphatic rings. The predicted octanol–water partition coefficient (Wildman–Crippen LogP) is 2.34. The van der Waals surface area contributed by atoms with Gasteiger partial charge in [0.15, 0.2) is 0 Å². The molecule has 7 heteroatoms. The van der Waals surface area contributed by atoms with E-state index in [9.17, 15) is 13.5 Å². The quantitative estimate of drug-likeness (QED) is 0.746. The summed E-state index contributed by atoms with van der Waals surface area (Å²) in [4.78, 5) is 1.12. The van der Waals surface area contributed by atoms with E-state index in [1.54, 1.807) is 23.5 Å². The molecule has 0 saturated heterocycles. The largest absolute Gasteiger partial charge is 0.388 e. The molecule has 0 fully saturated rings. The zero-order valence-corrected chi connectivity index (χ0v) is 13.8. The number of hydrogen-bond donors (Lipinski definition) is 1. The van der Waals surface area contributed by atoms with Gasteiger partial charge in [0.1, 0.15) is 6.10 Å². The van der Waals surface area contributed by atoms with Crippen molar-refractivity contribution in [2.75, 3.05) is 13.2 Å². The fourth-order valence-electron chi connectivity index (χ4n) is 1.68. The van der Waals surface area contributed by atoms with Crippen LogP contribution >= 0.6 is 11.3 Å². The van der Waals surface area contributed by atoms with Gasteiger partial charge in [-0.3, -0.25) is 4.18 Å². The Morgan fingerprint density at radius 3 is 2.55 bits per heavy atom. The predicted molar refractivity (Wildman–Crippen MR) is 84.3 cm³/mol. The molecule has 1 atom stereocenters. The van der Waals surface area contributed by atoms with Crippen LogP contribution in [0, 0.1) is 6.92 Å². The summed E-state index contributed by atoms with van der Waals surface area (Å²) in [5.41, 5.74) is 0.959. The Bertz CT molecular complexity index is 662. The molecule has 1 N–H and O–H groups in total. The Hall–Kier alpha value is -1.25. The van der Waals surface area contributed by atoms with Crippen LogP contribution in [0.2, 0.25) is 0 Å². The van der Waals surface area contributed by atoms with E-state index >= 15 is 0 Å². The lowest BCUT2D eigenvalue weighted by atomic mass is 10.2. The molecular formula is C15H18O5S2. The third-order valence-corrected chi connectivity index (χ3v) is 5.01. The number of ether oxygens (including phenoxy) is 1. The Morgan fingerprint density at radius 1 is 1.18 bits per heavy atom. The minimum Gasteiger partial charge on any atom is -0.388 e. The second-order valence-electron chi connectivity index (χ2n) is 4.80. The van der Waals surface area contributed by atoms with Crippen molar-refractivity contribution in [2.24, 2.45) is 0 Å². The second kappa shape index (κ2) is 7.85. The number of aliphatic hydroxyl groups excluding tert-OH is 1. The summed E-state index contributed by atoms with van der Waals surface area (Å²) >= 11 is 1.56. The lowest BCUT2D eigenvalue weighted by Gasteiger charge is -2.11. The normalized spacial score (nSPS) is 13.2. The van der Waals surface area contributed by atoms with Crippen LogP contribution in [0.4, 0.5) is 0 Å². The molecule has 2 rings (SSSR count). The van der Waals surface area contributed by atoms with Crippen molar-refractivity contribution in [3.8, 4) is 0 Å². The van der Waals surface area contributed by atoms with Crippen molar-refractivity contribution in [2.45, 2.75) is 24.5 Å². The molecule has 1 aromatic heterocycles. The number of rotatable bonds is 8. The van der Waals surface area contributed by atoms with Gasteiger partial charge in [-0.2, -0.15) is 8.42 Å². The average molecular weight is 342 g/mol. The molecule has 0 saturated carbocycles. The lowest BCUT2D eigenvalue weighted by Crippen LogP contribution is -2.23. The topological polar surface area (TPSA) is 72.8 Å². The van der Waals surface area contributed by atoms with E-state index < -0.39 is 16.2 Å². The Balaban J connectivity index is 1.77. The molecule has 1 unspecified atom stereocenters. The highest BCUT2D eigenvalue weighted by atomic mass is 32.2. The summed E-state index contributed by atoms with van der Waals surface area (Å²) in [6.45, 7) is 1.94. The number of thiophene rings is 1. The van der Waals surface area contributed by atoms with Crippen molar-refractivity contribution in [3.05, 3.63) is 52.2 Å². The number of benzene rings is 1. The lowest BCUT2D eigenvalue weighted by molar-refractivity contribution is 0.00746. The first-order chi connectivity index (χ1) is 10.5. The standard InChI is InChI=1S/C15H18O5S2/c1-12-4-6-15(7-5-12)22(17,18)20-10-13(16)9-19-11-14-3-2-8-21-14/h2-8,13,16H,9-11H2,1H3. The Labute approximate surface area is 134 Å². The third kappa shape index (κ3) is 5.19. The van der Waals surface area contributed by atoms with E-state index in [1.807, 2.05) is 24.4 Å². The molecule has 0 aliphatic heterocycles. The van der Waals surface area contributed by atoms with Gasteiger partial charge < -0.3 is 9.84 Å². The van der Waals surface area contributed by atoms with Gasteiger partial charge in [-0.05, 0) is 30.5 Å². The Morgan fingerprint density at radius 2 is 1.91 bits per heavy atom. The van der Waals surface area contributed by atoms with Gasteiger partial charge in [-0.1, -0.05) is 23.8 Å². The van der Waals surface area contributed by atoms with Gasteiger partial charge in [0.2, 0.25) is 0 Å². The van der Waals surface area contributed by atoms with Crippen LogP contribution < -0.4 is 0 Å². The van der Waals surface area contributed by atoms with Crippen LogP contribution in [0.1, 0.15) is 10.4 Å². The molecule has 5 nitrogen and oxygen atoms in total. The minimum atomic E-state index is -3.85. The molecule has 0 spiro atoms. The maximum absolute atomic E-state index is 11.9. The van der Waals surface area contributed by atoms with Crippen LogP contribution in [0.25, 0.3) is 0 Å². The summed E-state index contributed by atoms with van der Waals surface area (Å²) < 4.78 is 34.0. The molecule has 0 bridgehead atoms. The molecule has 120 valence electrons. The number of hydrogen-bond acceptors (Lipinski definition) is 6. The molecule has 1 aromatic carbocycles. The van der Waals surface area contributed by atoms with Gasteiger partial charge in [-0.15, -0.1) is 11.3 Å². The first kappa shape index (κ1) is 17.1. The maximum atomic E-state index is 11.9. The van der Waals surface area contributed by atoms with Crippen LogP contribution in [-0.4, -0.2) is 32.8 Å². The highest BCUT2D eigenvalue weighted by Gasteiger charge is 2.17. The molecule has 2 aromatic rings. The molecule has 1 heterocycles. The smallest absolute Gasteiger partial charge is 0.297 e. The summed E-state index contributed by atoms with van der Waals surface area (Å²) in [5, 5.41) is 11.7. The van der Waals surface area contributed by atoms with Gasteiger partial charge in [0, 0.05) is 4.88 Å². The van der Waals surface area contributed by atoms with Gasteiger partial charge in [0.25, 0.3) is 10.1 Å². The molecule has 0 amide bonds. The van der Waals surface area contributed by atoms with E-state index in [0.717, 1.165) is 10.4 Å². The molecule has 0 radical (unpaired) electrons. The second-order valence-corrected chi connectivity index (χ2v) is 7.45. The van der Waals surface area contributed by atoms with E-state index in [2.05, 4.69) is 0 Å². The van der Waals surface area contributed by atoms with Crippen molar-refractivity contribution in [3.63, 3.8) is 0 Å². The fraction of sp³-hybridized carbons (Fsp3) is 0.333. The summed E-state index contributed by atoms with van der Waals surface area (Å²) in [7, 11) is -3.85. The summed E-state index contributed by atoms with van der Waals surface area (Å²) in [6, 6.07) is 10.2. The van der Waals surface area contributed by atoms with Crippen molar-refractivity contribution < 1.29 is 22.4 Å². The average Bonchev–Trinajstić information content (AvgIpc) is 2.99. The minimum absolute atomic E-state index is 0.0152. The van der Waals surface area contributed by atoms with E-state index in [-0.39, 0.29) is 18.1 Å². The van der Waals surface area contributed by atoms with Crippen LogP contribution in [0.3, 0.4) is 0 Å². The maximum Gasteiger partial charge on any atom is 0.297 e. The van der Waals surface area contributed by atoms with E-state index in [1.165, 1.54) is 12.1 Å². The van der Waals surface area contributed by atoms with Gasteiger partial charge in [0.05, 0.1) is 24.7 Å². The van der Waals surface area contributed by atoms with E-state index in [4.69, 9.17) is 8.92 Å². The van der Waals surface area contributed by atoms with E-state index in [0.29, 0.717) is 6.61 Å². The highest BCUT2D eigenvalue weighted by Crippen LogP contribution is 2.14. The monoisotopic (exact) mass is 342 g/mol. The first-order valence-corrected chi connectivity index (χ1v) is 9.00. The summed E-state index contributed by atoms with van der Waals surface area (Å²) in [6.07, 6.45) is -1.000. The zero-order valence-electron chi connectivity index (χ0n) is 12.1. The third-order valence-electron chi connectivity index (χ3n) is 2.86. The van der Waals surface area contributed by atoms with Gasteiger partial charge in [-0.25, -0.2) is 0 Å². The number of aliphatic hydroxyl groups is 1. The Kier molecular flexibility index (Phi) is 6.10. The zero-order chi connectivity index (χ0) is 16.0. The van der Waals surface area contributed by atoms with Crippen LogP contribution in [0.5, 0.6) is 0 Å². The highest BCUT2D eigenvalue weighted by molar-refractivity contribution is 7.86. The van der Waals surface area contributed by atoms with Crippen LogP contribution in [-0.2, 0) is 25.6 Å². The molecule has 0 aliphatic carbocycles. The van der Waals surface area contributed by atoms with Crippen molar-refractivity contribution >= 4 is 21.5 Å². The number of aryl methyl sites for hydroxylation is 1. The SMILES string of the molecule is Cc1ccc(S(=O)(=O)OCC(O)COCc2cccs2)cc1. The van der Waals surface area contributed by atoms with Crippen LogP contribution in [0.15, 0.2) is 46.7 Å². The van der Waals surface area contributed by atoms with Crippen molar-refractivity contribution in [1.29, 1.82) is 0 Å². The molecular weight excluding hydrogens is 324 g/mol. The molecule has 22 heavy (non-hydrogen) atoms. The van der Waals surface area contributed by atoms with Gasteiger partial charge >= 0.3 is 0 Å². The summed E-state index contributed by atoms with van der Waals surface area (Å²) in [5.74, 6) is 0. The fourth-order valence-corrected chi connectivity index (χ4v) is 3.26. The van der Waals surface area contributed by atoms with Crippen molar-refractivity contribution in [1.82, 2.24) is 0 Å².